The molecule has 1 aliphatic rings. The zero-order chi connectivity index (χ0) is 10.4. The molecule has 2 aromatic rings. The fourth-order valence-electron chi connectivity index (χ4n) is 1.83. The second-order valence-electron chi connectivity index (χ2n) is 3.93. The Labute approximate surface area is 86.1 Å². The number of carbonyl (C=O) groups is 1. The summed E-state index contributed by atoms with van der Waals surface area (Å²) in [6, 6.07) is 3.96. The summed E-state index contributed by atoms with van der Waals surface area (Å²) in [5.74, 6) is -0.288. The van der Waals surface area contributed by atoms with E-state index in [0.29, 0.717) is 11.4 Å². The van der Waals surface area contributed by atoms with E-state index in [1.165, 1.54) is 24.6 Å². The molecule has 2 aromatic heterocycles. The average molecular weight is 202 g/mol. The topological polar surface area (TPSA) is 54.6 Å². The molecule has 1 aliphatic carbocycles. The predicted molar refractivity (Wildman–Crippen MR) is 54.1 cm³/mol. The summed E-state index contributed by atoms with van der Waals surface area (Å²) in [5.41, 5.74) is 2.19. The Morgan fingerprint density at radius 3 is 3.00 bits per heavy atom. The Kier molecular flexibility index (Phi) is 1.59. The Bertz CT molecular complexity index is 541. The SMILES string of the molecule is O=C(O)c1cnn2ccc(C3CC3)cc12. The van der Waals surface area contributed by atoms with Crippen LogP contribution in [0.15, 0.2) is 24.5 Å². The smallest absolute Gasteiger partial charge is 0.339 e. The lowest BCUT2D eigenvalue weighted by Crippen LogP contribution is -1.96. The van der Waals surface area contributed by atoms with Crippen molar-refractivity contribution in [1.29, 1.82) is 0 Å². The molecule has 0 saturated heterocycles. The van der Waals surface area contributed by atoms with Crippen LogP contribution in [0.3, 0.4) is 0 Å². The molecular weight excluding hydrogens is 192 g/mol. The number of fused-ring (bicyclic) bond motifs is 1. The second-order valence-corrected chi connectivity index (χ2v) is 3.93. The third-order valence-electron chi connectivity index (χ3n) is 2.82. The molecule has 0 spiro atoms. The van der Waals surface area contributed by atoms with Gasteiger partial charge in [0.25, 0.3) is 0 Å². The summed E-state index contributed by atoms with van der Waals surface area (Å²) in [4.78, 5) is 10.9. The number of hydrogen-bond donors (Lipinski definition) is 1. The number of hydrogen-bond acceptors (Lipinski definition) is 2. The summed E-state index contributed by atoms with van der Waals surface area (Å²) in [5, 5.41) is 13.0. The van der Waals surface area contributed by atoms with Crippen molar-refractivity contribution in [3.8, 4) is 0 Å². The number of aromatic nitrogens is 2. The van der Waals surface area contributed by atoms with Crippen molar-refractivity contribution in [3.05, 3.63) is 35.7 Å². The number of carboxylic acids is 1. The molecule has 0 atom stereocenters. The molecule has 0 bridgehead atoms. The molecule has 0 amide bonds. The number of carboxylic acid groups (broad SMARTS) is 1. The van der Waals surface area contributed by atoms with Crippen LogP contribution in [0.4, 0.5) is 0 Å². The Hall–Kier alpha value is -1.84. The fraction of sp³-hybridized carbons (Fsp3) is 0.273. The van der Waals surface area contributed by atoms with E-state index in [4.69, 9.17) is 5.11 Å². The van der Waals surface area contributed by atoms with E-state index in [1.807, 2.05) is 18.3 Å². The van der Waals surface area contributed by atoms with Gasteiger partial charge < -0.3 is 5.11 Å². The maximum atomic E-state index is 10.9. The molecule has 0 radical (unpaired) electrons. The maximum Gasteiger partial charge on any atom is 0.339 e. The van der Waals surface area contributed by atoms with Gasteiger partial charge in [-0.1, -0.05) is 0 Å². The molecular formula is C11H10N2O2. The van der Waals surface area contributed by atoms with Crippen LogP contribution in [0, 0.1) is 0 Å². The quantitative estimate of drug-likeness (QED) is 0.809. The highest BCUT2D eigenvalue weighted by Crippen LogP contribution is 2.40. The van der Waals surface area contributed by atoms with Crippen LogP contribution in [-0.2, 0) is 0 Å². The lowest BCUT2D eigenvalue weighted by Gasteiger charge is -1.99. The standard InChI is InChI=1S/C11H10N2O2/c14-11(15)9-6-12-13-4-3-8(5-10(9)13)7-1-2-7/h3-7H,1-2H2,(H,14,15). The minimum atomic E-state index is -0.919. The van der Waals surface area contributed by atoms with Gasteiger partial charge in [-0.15, -0.1) is 0 Å². The monoisotopic (exact) mass is 202 g/mol. The molecule has 76 valence electrons. The minimum absolute atomic E-state index is 0.275. The maximum absolute atomic E-state index is 10.9. The van der Waals surface area contributed by atoms with E-state index < -0.39 is 5.97 Å². The van der Waals surface area contributed by atoms with Gasteiger partial charge in [-0.2, -0.15) is 5.10 Å². The first-order valence-electron chi connectivity index (χ1n) is 4.96. The third kappa shape index (κ3) is 1.29. The van der Waals surface area contributed by atoms with Gasteiger partial charge in [0, 0.05) is 6.20 Å². The largest absolute Gasteiger partial charge is 0.478 e. The van der Waals surface area contributed by atoms with Crippen molar-refractivity contribution in [2.75, 3.05) is 0 Å². The molecule has 4 nitrogen and oxygen atoms in total. The zero-order valence-electron chi connectivity index (χ0n) is 8.05. The Balaban J connectivity index is 2.21. The molecule has 0 unspecified atom stereocenters. The van der Waals surface area contributed by atoms with Crippen molar-refractivity contribution >= 4 is 11.5 Å². The summed E-state index contributed by atoms with van der Waals surface area (Å²) in [7, 11) is 0. The lowest BCUT2D eigenvalue weighted by molar-refractivity contribution is 0.0699. The third-order valence-corrected chi connectivity index (χ3v) is 2.82. The van der Waals surface area contributed by atoms with Crippen LogP contribution in [0.2, 0.25) is 0 Å². The fourth-order valence-corrected chi connectivity index (χ4v) is 1.83. The number of nitrogens with zero attached hydrogens (tertiary/aromatic N) is 2. The molecule has 4 heteroatoms. The summed E-state index contributed by atoms with van der Waals surface area (Å²) in [6.07, 6.45) is 5.66. The average Bonchev–Trinajstić information content (AvgIpc) is 2.97. The molecule has 3 rings (SSSR count). The van der Waals surface area contributed by atoms with Crippen LogP contribution >= 0.6 is 0 Å². The van der Waals surface area contributed by atoms with Gasteiger partial charge in [-0.3, -0.25) is 0 Å². The summed E-state index contributed by atoms with van der Waals surface area (Å²) in [6.45, 7) is 0. The van der Waals surface area contributed by atoms with E-state index in [2.05, 4.69) is 5.10 Å². The van der Waals surface area contributed by atoms with Gasteiger partial charge in [-0.05, 0) is 36.5 Å². The number of rotatable bonds is 2. The molecule has 1 saturated carbocycles. The van der Waals surface area contributed by atoms with Crippen LogP contribution in [-0.4, -0.2) is 20.7 Å². The van der Waals surface area contributed by atoms with E-state index in [1.54, 1.807) is 4.52 Å². The molecule has 2 heterocycles. The summed E-state index contributed by atoms with van der Waals surface area (Å²) < 4.78 is 1.61. The molecule has 1 fully saturated rings. The first kappa shape index (κ1) is 8.47. The summed E-state index contributed by atoms with van der Waals surface area (Å²) >= 11 is 0. The first-order valence-corrected chi connectivity index (χ1v) is 4.96. The molecule has 0 aliphatic heterocycles. The van der Waals surface area contributed by atoms with Gasteiger partial charge in [-0.25, -0.2) is 9.31 Å². The Morgan fingerprint density at radius 1 is 1.53 bits per heavy atom. The molecule has 1 N–H and O–H groups in total. The number of aromatic carboxylic acids is 1. The highest BCUT2D eigenvalue weighted by molar-refractivity contribution is 5.95. The first-order chi connectivity index (χ1) is 7.25. The van der Waals surface area contributed by atoms with Gasteiger partial charge in [0.2, 0.25) is 0 Å². The number of pyridine rings is 1. The van der Waals surface area contributed by atoms with Crippen LogP contribution < -0.4 is 0 Å². The zero-order valence-corrected chi connectivity index (χ0v) is 8.05. The van der Waals surface area contributed by atoms with E-state index >= 15 is 0 Å². The normalized spacial score (nSPS) is 15.7. The molecule has 15 heavy (non-hydrogen) atoms. The van der Waals surface area contributed by atoms with Crippen LogP contribution in [0.25, 0.3) is 5.52 Å². The molecule has 0 aromatic carbocycles. The van der Waals surface area contributed by atoms with Gasteiger partial charge in [0.15, 0.2) is 0 Å². The van der Waals surface area contributed by atoms with E-state index in [-0.39, 0.29) is 5.56 Å². The van der Waals surface area contributed by atoms with Crippen molar-refractivity contribution in [2.24, 2.45) is 0 Å². The van der Waals surface area contributed by atoms with E-state index in [0.717, 1.165) is 0 Å². The highest BCUT2D eigenvalue weighted by Gasteiger charge is 2.24. The predicted octanol–water partition coefficient (Wildman–Crippen LogP) is 1.91. The van der Waals surface area contributed by atoms with Crippen molar-refractivity contribution in [2.45, 2.75) is 18.8 Å². The Morgan fingerprint density at radius 2 is 2.33 bits per heavy atom. The lowest BCUT2D eigenvalue weighted by atomic mass is 10.1. The van der Waals surface area contributed by atoms with Crippen molar-refractivity contribution in [3.63, 3.8) is 0 Å². The van der Waals surface area contributed by atoms with Crippen molar-refractivity contribution < 1.29 is 9.90 Å². The van der Waals surface area contributed by atoms with Gasteiger partial charge in [0.1, 0.15) is 5.56 Å². The van der Waals surface area contributed by atoms with Crippen LogP contribution in [0.1, 0.15) is 34.7 Å². The van der Waals surface area contributed by atoms with Gasteiger partial charge in [0.05, 0.1) is 11.7 Å². The highest BCUT2D eigenvalue weighted by atomic mass is 16.4. The minimum Gasteiger partial charge on any atom is -0.478 e. The second kappa shape index (κ2) is 2.82. The van der Waals surface area contributed by atoms with Crippen molar-refractivity contribution in [1.82, 2.24) is 9.61 Å². The van der Waals surface area contributed by atoms with E-state index in [9.17, 15) is 4.79 Å². The van der Waals surface area contributed by atoms with Gasteiger partial charge >= 0.3 is 5.97 Å². The van der Waals surface area contributed by atoms with Crippen LogP contribution in [0.5, 0.6) is 0 Å².